The van der Waals surface area contributed by atoms with E-state index in [2.05, 4.69) is 0 Å². The molecule has 0 heterocycles. The largest absolute Gasteiger partial charge is 2.00 e. The molecule has 0 saturated heterocycles. The van der Waals surface area contributed by atoms with Crippen LogP contribution in [0.4, 0.5) is 0 Å². The standard InChI is InChI=1S/C2H6OS.Mg.H2O4S/c1-4(2)3;;1-5(2,3)4/h1-2H3;;(H2,1,2,3,4)/q;+2;/p-2. The monoisotopic (exact) mass is 198 g/mol. The molecule has 58 valence electrons. The molecule has 0 spiro atoms. The summed E-state index contributed by atoms with van der Waals surface area (Å²) in [5.41, 5.74) is 0. The molecule has 0 aliphatic heterocycles. The van der Waals surface area contributed by atoms with E-state index in [9.17, 15) is 4.21 Å². The van der Waals surface area contributed by atoms with Gasteiger partial charge in [0.05, 0.1) is 0 Å². The van der Waals surface area contributed by atoms with Crippen LogP contribution in [0.5, 0.6) is 0 Å². The van der Waals surface area contributed by atoms with E-state index in [0.717, 1.165) is 0 Å². The molecule has 0 atom stereocenters. The summed E-state index contributed by atoms with van der Waals surface area (Å²) in [5, 5.41) is 0. The zero-order valence-electron chi connectivity index (χ0n) is 5.56. The van der Waals surface area contributed by atoms with Gasteiger partial charge in [0.2, 0.25) is 0 Å². The second kappa shape index (κ2) is 7.89. The van der Waals surface area contributed by atoms with E-state index in [1.54, 1.807) is 12.5 Å². The van der Waals surface area contributed by atoms with E-state index in [-0.39, 0.29) is 23.1 Å². The van der Waals surface area contributed by atoms with Crippen LogP contribution in [0, 0.1) is 0 Å². The van der Waals surface area contributed by atoms with Gasteiger partial charge in [0, 0.05) is 33.7 Å². The van der Waals surface area contributed by atoms with Crippen LogP contribution in [0.2, 0.25) is 0 Å². The van der Waals surface area contributed by atoms with Gasteiger partial charge in [-0.2, -0.15) is 0 Å². The quantitative estimate of drug-likeness (QED) is 0.262. The van der Waals surface area contributed by atoms with Crippen LogP contribution < -0.4 is 0 Å². The molecule has 0 fully saturated rings. The summed E-state index contributed by atoms with van der Waals surface area (Å²) in [6.07, 6.45) is 3.28. The summed E-state index contributed by atoms with van der Waals surface area (Å²) < 4.78 is 43.6. The van der Waals surface area contributed by atoms with Crippen molar-refractivity contribution in [3.8, 4) is 0 Å². The maximum Gasteiger partial charge on any atom is 2.00 e. The molecule has 0 unspecified atom stereocenters. The fourth-order valence-corrected chi connectivity index (χ4v) is 0. The van der Waals surface area contributed by atoms with Crippen LogP contribution >= 0.6 is 0 Å². The summed E-state index contributed by atoms with van der Waals surface area (Å²) in [7, 11) is -5.78. The predicted molar refractivity (Wildman–Crippen MR) is 36.2 cm³/mol. The fourth-order valence-electron chi connectivity index (χ4n) is 0. The Morgan fingerprint density at radius 2 is 1.20 bits per heavy atom. The van der Waals surface area contributed by atoms with Gasteiger partial charge in [0.15, 0.2) is 0 Å². The van der Waals surface area contributed by atoms with Crippen LogP contribution in [-0.2, 0) is 21.2 Å². The molecule has 5 nitrogen and oxygen atoms in total. The molecule has 0 N–H and O–H groups in total. The Hall–Kier alpha value is 0.786. The van der Waals surface area contributed by atoms with E-state index in [1.807, 2.05) is 0 Å². The van der Waals surface area contributed by atoms with Gasteiger partial charge in [-0.25, -0.2) is 0 Å². The molecule has 0 amide bonds. The van der Waals surface area contributed by atoms with Gasteiger partial charge in [-0.15, -0.1) is 0 Å². The second-order valence-corrected chi connectivity index (χ2v) is 3.45. The van der Waals surface area contributed by atoms with Crippen molar-refractivity contribution in [3.05, 3.63) is 0 Å². The van der Waals surface area contributed by atoms with E-state index >= 15 is 0 Å². The number of hydrogen-bond donors (Lipinski definition) is 0. The Morgan fingerprint density at radius 3 is 1.20 bits per heavy atom. The number of hydrogen-bond acceptors (Lipinski definition) is 5. The zero-order valence-corrected chi connectivity index (χ0v) is 8.61. The Bertz CT molecular complexity index is 160. The summed E-state index contributed by atoms with van der Waals surface area (Å²) >= 11 is 0. The van der Waals surface area contributed by atoms with Crippen LogP contribution in [-0.4, -0.2) is 57.3 Å². The van der Waals surface area contributed by atoms with Gasteiger partial charge in [-0.3, -0.25) is 12.6 Å². The van der Waals surface area contributed by atoms with Crippen molar-refractivity contribution in [1.29, 1.82) is 0 Å². The van der Waals surface area contributed by atoms with Crippen molar-refractivity contribution in [2.45, 2.75) is 0 Å². The van der Waals surface area contributed by atoms with E-state index in [0.29, 0.717) is 0 Å². The molecule has 0 radical (unpaired) electrons. The average molecular weight is 199 g/mol. The molecule has 10 heavy (non-hydrogen) atoms. The summed E-state index contributed by atoms with van der Waals surface area (Å²) in [5.74, 6) is 0. The van der Waals surface area contributed by atoms with Crippen LogP contribution in [0.3, 0.4) is 0 Å². The van der Waals surface area contributed by atoms with Gasteiger partial charge in [-0.1, -0.05) is 0 Å². The first kappa shape index (κ1) is 17.0. The third-order valence-corrected chi connectivity index (χ3v) is 0. The maximum absolute atomic E-state index is 9.56. The molecule has 0 saturated carbocycles. The van der Waals surface area contributed by atoms with Crippen LogP contribution in [0.1, 0.15) is 0 Å². The molecule has 0 bridgehead atoms. The van der Waals surface area contributed by atoms with E-state index in [1.165, 1.54) is 0 Å². The van der Waals surface area contributed by atoms with Gasteiger partial charge in [0.25, 0.3) is 0 Å². The first-order valence-electron chi connectivity index (χ1n) is 1.65. The predicted octanol–water partition coefficient (Wildman–Crippen LogP) is -1.72. The molecular weight excluding hydrogens is 192 g/mol. The van der Waals surface area contributed by atoms with Crippen molar-refractivity contribution in [2.24, 2.45) is 0 Å². The van der Waals surface area contributed by atoms with Gasteiger partial charge >= 0.3 is 23.1 Å². The summed E-state index contributed by atoms with van der Waals surface area (Å²) in [4.78, 5) is 0. The normalized spacial score (nSPS) is 9.30. The van der Waals surface area contributed by atoms with Crippen molar-refractivity contribution in [1.82, 2.24) is 0 Å². The molecule has 0 aromatic carbocycles. The third-order valence-electron chi connectivity index (χ3n) is 0. The molecule has 0 aromatic rings. The zero-order chi connectivity index (χ0) is 8.08. The van der Waals surface area contributed by atoms with E-state index in [4.69, 9.17) is 17.5 Å². The molecule has 0 aliphatic carbocycles. The average Bonchev–Trinajstić information content (AvgIpc) is 1.19. The molecule has 0 aromatic heterocycles. The van der Waals surface area contributed by atoms with Gasteiger partial charge in [0.1, 0.15) is 0 Å². The number of rotatable bonds is 0. The first-order chi connectivity index (χ1) is 3.73. The van der Waals surface area contributed by atoms with Crippen molar-refractivity contribution < 1.29 is 21.7 Å². The van der Waals surface area contributed by atoms with Crippen LogP contribution in [0.15, 0.2) is 0 Å². The summed E-state index contributed by atoms with van der Waals surface area (Å²) in [6.45, 7) is 0. The van der Waals surface area contributed by atoms with Crippen molar-refractivity contribution >= 4 is 44.3 Å². The Labute approximate surface area is 78.4 Å². The van der Waals surface area contributed by atoms with E-state index < -0.39 is 21.2 Å². The topological polar surface area (TPSA) is 97.3 Å². The van der Waals surface area contributed by atoms with Crippen molar-refractivity contribution in [2.75, 3.05) is 12.5 Å². The molecular formula is C2H6MgO5S2. The van der Waals surface area contributed by atoms with Crippen molar-refractivity contribution in [3.63, 3.8) is 0 Å². The SMILES string of the molecule is CS(C)=O.O=S(=O)([O-])[O-].[Mg+2]. The minimum absolute atomic E-state index is 0. The minimum atomic E-state index is -5.17. The van der Waals surface area contributed by atoms with Gasteiger partial charge in [-0.05, 0) is 0 Å². The first-order valence-corrected chi connectivity index (χ1v) is 4.95. The second-order valence-electron chi connectivity index (χ2n) is 1.15. The molecule has 0 aliphatic rings. The Kier molecular flexibility index (Phi) is 13.4. The minimum Gasteiger partial charge on any atom is -0.759 e. The third kappa shape index (κ3) is 862. The fraction of sp³-hybridized carbons (Fsp3) is 1.00. The maximum atomic E-state index is 9.56. The summed E-state index contributed by atoms with van der Waals surface area (Å²) in [6, 6.07) is 0. The molecule has 0 rings (SSSR count). The Morgan fingerprint density at radius 1 is 1.20 bits per heavy atom. The smallest absolute Gasteiger partial charge is 0.759 e. The van der Waals surface area contributed by atoms with Gasteiger partial charge < -0.3 is 9.11 Å². The van der Waals surface area contributed by atoms with Crippen LogP contribution in [0.25, 0.3) is 0 Å². The molecule has 8 heteroatoms. The Balaban J connectivity index is -0.0000000910.